The fourth-order valence-electron chi connectivity index (χ4n) is 4.26. The number of anilines is 1. The molecule has 0 bridgehead atoms. The molecule has 1 aliphatic heterocycles. The maximum absolute atomic E-state index is 13.8. The molecule has 0 radical (unpaired) electrons. The zero-order valence-corrected chi connectivity index (χ0v) is 18.7. The maximum Gasteiger partial charge on any atom is 0.226 e. The van der Waals surface area contributed by atoms with E-state index in [1.165, 1.54) is 6.07 Å². The van der Waals surface area contributed by atoms with Gasteiger partial charge in [-0.2, -0.15) is 14.3 Å². The number of hydrogen-bond donors (Lipinski definition) is 1. The number of carbonyl (C=O) groups is 1. The lowest BCUT2D eigenvalue weighted by Gasteiger charge is -2.23. The highest BCUT2D eigenvalue weighted by Gasteiger charge is 2.30. The van der Waals surface area contributed by atoms with Crippen molar-refractivity contribution in [1.82, 2.24) is 29.6 Å². The van der Waals surface area contributed by atoms with Crippen LogP contribution in [0.1, 0.15) is 34.9 Å². The van der Waals surface area contributed by atoms with Gasteiger partial charge in [0.2, 0.25) is 5.91 Å². The minimum atomic E-state index is -0.296. The fourth-order valence-corrected chi connectivity index (χ4v) is 4.26. The molecule has 174 valence electrons. The number of carbonyl (C=O) groups excluding carboxylic acids is 1. The summed E-state index contributed by atoms with van der Waals surface area (Å²) in [5.41, 5.74) is 2.97. The van der Waals surface area contributed by atoms with E-state index in [1.807, 2.05) is 31.2 Å². The number of nitrogens with zero attached hydrogens (tertiary/aromatic N) is 6. The molecule has 1 atom stereocenters. The normalized spacial score (nSPS) is 15.1. The number of amides is 1. The van der Waals surface area contributed by atoms with Crippen molar-refractivity contribution in [2.45, 2.75) is 25.9 Å². The second kappa shape index (κ2) is 8.32. The molecule has 0 saturated carbocycles. The molecule has 0 unspecified atom stereocenters. The maximum atomic E-state index is 13.8. The lowest BCUT2D eigenvalue weighted by atomic mass is 9.87. The summed E-state index contributed by atoms with van der Waals surface area (Å²) in [7, 11) is 0. The third-order valence-electron chi connectivity index (χ3n) is 6.08. The molecular weight excluding hydrogens is 449 g/mol. The predicted octanol–water partition coefficient (Wildman–Crippen LogP) is 3.81. The largest absolute Gasteiger partial charge is 0.489 e. The molecule has 0 saturated heterocycles. The summed E-state index contributed by atoms with van der Waals surface area (Å²) in [6.45, 7) is 1.95. The number of aryl methyl sites for hydroxylation is 1. The Morgan fingerprint density at radius 1 is 1.09 bits per heavy atom. The number of fused-ring (bicyclic) bond motifs is 2. The van der Waals surface area contributed by atoms with Gasteiger partial charge in [0.1, 0.15) is 24.0 Å². The van der Waals surface area contributed by atoms with Gasteiger partial charge in [-0.05, 0) is 42.8 Å². The lowest BCUT2D eigenvalue weighted by Crippen LogP contribution is -2.24. The third kappa shape index (κ3) is 3.78. The van der Waals surface area contributed by atoms with Gasteiger partial charge in [0.25, 0.3) is 0 Å². The van der Waals surface area contributed by atoms with Crippen LogP contribution in [0.5, 0.6) is 5.75 Å². The van der Waals surface area contributed by atoms with Crippen molar-refractivity contribution in [2.75, 3.05) is 5.32 Å². The predicted molar refractivity (Wildman–Crippen MR) is 125 cm³/mol. The van der Waals surface area contributed by atoms with Crippen LogP contribution in [-0.4, -0.2) is 35.5 Å². The number of halogens is 1. The summed E-state index contributed by atoms with van der Waals surface area (Å²) >= 11 is 0. The highest BCUT2D eigenvalue weighted by molar-refractivity contribution is 5.94. The number of hydrogen-bond acceptors (Lipinski definition) is 6. The van der Waals surface area contributed by atoms with Gasteiger partial charge in [-0.15, -0.1) is 15.3 Å². The molecule has 9 nitrogen and oxygen atoms in total. The van der Waals surface area contributed by atoms with E-state index in [1.54, 1.807) is 45.7 Å². The molecule has 0 aliphatic carbocycles. The summed E-state index contributed by atoms with van der Waals surface area (Å²) in [5.74, 6) is 1.83. The van der Waals surface area contributed by atoms with E-state index in [2.05, 4.69) is 25.7 Å². The SMILES string of the molecule is Cc1nnc2ccc(-n3ncc4c3NC(=O)C[C@@H]4c3ccc(OCc4ccccc4F)cc3)nn12. The van der Waals surface area contributed by atoms with Crippen LogP contribution < -0.4 is 10.1 Å². The van der Waals surface area contributed by atoms with E-state index in [-0.39, 0.29) is 24.2 Å². The average molecular weight is 469 g/mol. The molecule has 5 aromatic rings. The van der Waals surface area contributed by atoms with Crippen LogP contribution in [0.15, 0.2) is 66.9 Å². The van der Waals surface area contributed by atoms with Crippen molar-refractivity contribution in [3.05, 3.63) is 95.2 Å². The monoisotopic (exact) mass is 469 g/mol. The summed E-state index contributed by atoms with van der Waals surface area (Å²) in [6, 6.07) is 17.6. The highest BCUT2D eigenvalue weighted by atomic mass is 19.1. The van der Waals surface area contributed by atoms with E-state index < -0.39 is 0 Å². The minimum Gasteiger partial charge on any atom is -0.489 e. The first-order chi connectivity index (χ1) is 17.1. The molecule has 0 fully saturated rings. The molecule has 3 aromatic heterocycles. The molecule has 10 heteroatoms. The zero-order valence-electron chi connectivity index (χ0n) is 18.7. The molecule has 1 aliphatic rings. The van der Waals surface area contributed by atoms with E-state index in [9.17, 15) is 9.18 Å². The van der Waals surface area contributed by atoms with E-state index in [0.29, 0.717) is 40.8 Å². The van der Waals surface area contributed by atoms with Crippen LogP contribution in [0, 0.1) is 12.7 Å². The van der Waals surface area contributed by atoms with Gasteiger partial charge in [0, 0.05) is 23.5 Å². The number of rotatable bonds is 5. The van der Waals surface area contributed by atoms with Gasteiger partial charge in [0.05, 0.1) is 6.20 Å². The molecule has 6 rings (SSSR count). The average Bonchev–Trinajstić information content (AvgIpc) is 3.46. The smallest absolute Gasteiger partial charge is 0.226 e. The standard InChI is InChI=1S/C25H20FN7O2/c1-15-29-30-22-10-11-23(31-32(15)22)33-25-20(13-27-33)19(12-24(34)28-25)16-6-8-18(9-7-16)35-14-17-4-2-3-5-21(17)26/h2-11,13,19H,12,14H2,1H3,(H,28,34)/t19-/m1/s1. The first-order valence-corrected chi connectivity index (χ1v) is 11.1. The number of aromatic nitrogens is 6. The van der Waals surface area contributed by atoms with E-state index in [4.69, 9.17) is 4.74 Å². The fraction of sp³-hybridized carbons (Fsp3) is 0.160. The third-order valence-corrected chi connectivity index (χ3v) is 6.08. The minimum absolute atomic E-state index is 0.106. The molecule has 35 heavy (non-hydrogen) atoms. The Morgan fingerprint density at radius 2 is 1.91 bits per heavy atom. The van der Waals surface area contributed by atoms with Crippen molar-refractivity contribution >= 4 is 17.4 Å². The lowest BCUT2D eigenvalue weighted by molar-refractivity contribution is -0.116. The van der Waals surface area contributed by atoms with Crippen molar-refractivity contribution in [3.63, 3.8) is 0 Å². The van der Waals surface area contributed by atoms with Gasteiger partial charge >= 0.3 is 0 Å². The molecule has 1 N–H and O–H groups in total. The summed E-state index contributed by atoms with van der Waals surface area (Å²) in [6.07, 6.45) is 2.05. The topological polar surface area (TPSA) is 99.2 Å². The summed E-state index contributed by atoms with van der Waals surface area (Å²) in [5, 5.41) is 20.1. The van der Waals surface area contributed by atoms with Crippen molar-refractivity contribution in [2.24, 2.45) is 0 Å². The van der Waals surface area contributed by atoms with Crippen LogP contribution in [0.2, 0.25) is 0 Å². The number of ether oxygens (including phenoxy) is 1. The second-order valence-electron chi connectivity index (χ2n) is 8.32. The molecular formula is C25H20FN7O2. The summed E-state index contributed by atoms with van der Waals surface area (Å²) < 4.78 is 22.8. The molecule has 1 amide bonds. The van der Waals surface area contributed by atoms with E-state index >= 15 is 0 Å². The zero-order chi connectivity index (χ0) is 23.9. The highest BCUT2D eigenvalue weighted by Crippen LogP contribution is 2.38. The first kappa shape index (κ1) is 21.0. The number of nitrogens with one attached hydrogen (secondary N) is 1. The van der Waals surface area contributed by atoms with Crippen LogP contribution in [0.4, 0.5) is 10.2 Å². The van der Waals surface area contributed by atoms with E-state index in [0.717, 1.165) is 11.1 Å². The van der Waals surface area contributed by atoms with Crippen molar-refractivity contribution < 1.29 is 13.9 Å². The second-order valence-corrected chi connectivity index (χ2v) is 8.32. The van der Waals surface area contributed by atoms with Gasteiger partial charge in [-0.3, -0.25) is 4.79 Å². The molecule has 2 aromatic carbocycles. The van der Waals surface area contributed by atoms with Crippen LogP contribution in [-0.2, 0) is 11.4 Å². The van der Waals surface area contributed by atoms with Crippen molar-refractivity contribution in [3.8, 4) is 11.6 Å². The van der Waals surface area contributed by atoms with Crippen LogP contribution >= 0.6 is 0 Å². The van der Waals surface area contributed by atoms with Gasteiger partial charge < -0.3 is 10.1 Å². The Hall–Kier alpha value is -4.60. The Balaban J connectivity index is 1.27. The Morgan fingerprint density at radius 3 is 2.74 bits per heavy atom. The van der Waals surface area contributed by atoms with Crippen LogP contribution in [0.25, 0.3) is 11.5 Å². The Bertz CT molecular complexity index is 1560. The molecule has 4 heterocycles. The quantitative estimate of drug-likeness (QED) is 0.420. The van der Waals surface area contributed by atoms with Crippen LogP contribution in [0.3, 0.4) is 0 Å². The summed E-state index contributed by atoms with van der Waals surface area (Å²) in [4.78, 5) is 12.6. The van der Waals surface area contributed by atoms with Gasteiger partial charge in [0.15, 0.2) is 17.3 Å². The molecule has 0 spiro atoms. The number of benzene rings is 2. The first-order valence-electron chi connectivity index (χ1n) is 11.1. The Kier molecular flexibility index (Phi) is 4.98. The van der Waals surface area contributed by atoms with Crippen molar-refractivity contribution in [1.29, 1.82) is 0 Å². The van der Waals surface area contributed by atoms with Gasteiger partial charge in [-0.1, -0.05) is 30.3 Å². The Labute approximate surface area is 199 Å². The van der Waals surface area contributed by atoms with Gasteiger partial charge in [-0.25, -0.2) is 4.39 Å².